The Kier molecular flexibility index (Phi) is 7.27. The van der Waals surface area contributed by atoms with E-state index in [0.717, 1.165) is 18.0 Å². The molecular weight excluding hydrogens is 256 g/mol. The second kappa shape index (κ2) is 8.76. The summed E-state index contributed by atoms with van der Waals surface area (Å²) in [6.07, 6.45) is 10.6. The number of hydrogen-bond donors (Lipinski definition) is 2. The first-order chi connectivity index (χ1) is 8.84. The van der Waals surface area contributed by atoms with E-state index in [9.17, 15) is 0 Å². The first-order valence-corrected chi connectivity index (χ1v) is 6.90. The maximum absolute atomic E-state index is 7.86. The molecule has 1 aliphatic carbocycles. The molecule has 0 heterocycles. The first-order valence-electron chi connectivity index (χ1n) is 6.90. The topological polar surface area (TPSA) is 35.9 Å². The van der Waals surface area contributed by atoms with Crippen LogP contribution < -0.4 is 5.32 Å². The second-order valence-corrected chi connectivity index (χ2v) is 5.04. The lowest BCUT2D eigenvalue weighted by Crippen LogP contribution is -2.28. The molecule has 0 spiro atoms. The standard InChI is InChI=1S/C16H22N2.ClH/c17-16(12-11-14-7-3-1-4-8-14)18-13-15-9-5-2-6-10-15;/h1,3-4,7-8,11-12,15H,2,5-6,9-10,13H2,(H2,17,18);1H/b12-11+;. The summed E-state index contributed by atoms with van der Waals surface area (Å²) in [6, 6.07) is 10.1. The van der Waals surface area contributed by atoms with Crippen molar-refractivity contribution in [3.05, 3.63) is 42.0 Å². The molecule has 1 fully saturated rings. The minimum atomic E-state index is 0. The second-order valence-electron chi connectivity index (χ2n) is 5.04. The molecule has 0 bridgehead atoms. The molecule has 0 radical (unpaired) electrons. The fourth-order valence-corrected chi connectivity index (χ4v) is 2.45. The van der Waals surface area contributed by atoms with E-state index in [1.165, 1.54) is 32.1 Å². The fraction of sp³-hybridized carbons (Fsp3) is 0.438. The Morgan fingerprint density at radius 1 is 1.16 bits per heavy atom. The summed E-state index contributed by atoms with van der Waals surface area (Å²) < 4.78 is 0. The molecule has 1 aliphatic rings. The summed E-state index contributed by atoms with van der Waals surface area (Å²) >= 11 is 0. The van der Waals surface area contributed by atoms with Gasteiger partial charge in [-0.25, -0.2) is 0 Å². The molecule has 3 heteroatoms. The van der Waals surface area contributed by atoms with Gasteiger partial charge in [-0.3, -0.25) is 5.41 Å². The van der Waals surface area contributed by atoms with E-state index in [0.29, 0.717) is 5.84 Å². The maximum Gasteiger partial charge on any atom is 0.117 e. The summed E-state index contributed by atoms with van der Waals surface area (Å²) in [5.74, 6) is 1.29. The Morgan fingerprint density at radius 2 is 1.84 bits per heavy atom. The van der Waals surface area contributed by atoms with Gasteiger partial charge in [-0.15, -0.1) is 12.4 Å². The van der Waals surface area contributed by atoms with E-state index in [1.54, 1.807) is 0 Å². The van der Waals surface area contributed by atoms with Crippen LogP contribution in [0.5, 0.6) is 0 Å². The predicted molar refractivity (Wildman–Crippen MR) is 85.0 cm³/mol. The molecule has 19 heavy (non-hydrogen) atoms. The molecule has 0 unspecified atom stereocenters. The molecule has 2 rings (SSSR count). The molecule has 2 nitrogen and oxygen atoms in total. The minimum Gasteiger partial charge on any atom is -0.370 e. The van der Waals surface area contributed by atoms with Gasteiger partial charge in [0.25, 0.3) is 0 Å². The molecule has 1 aromatic rings. The van der Waals surface area contributed by atoms with Gasteiger partial charge in [0.05, 0.1) is 0 Å². The van der Waals surface area contributed by atoms with Gasteiger partial charge in [0.1, 0.15) is 5.84 Å². The number of halogens is 1. The van der Waals surface area contributed by atoms with Gasteiger partial charge < -0.3 is 5.32 Å². The van der Waals surface area contributed by atoms with Crippen molar-refractivity contribution in [1.82, 2.24) is 5.32 Å². The summed E-state index contributed by atoms with van der Waals surface area (Å²) in [5, 5.41) is 11.1. The first kappa shape index (κ1) is 15.8. The third-order valence-corrected chi connectivity index (χ3v) is 3.55. The van der Waals surface area contributed by atoms with Crippen molar-refractivity contribution in [2.45, 2.75) is 32.1 Å². The lowest BCUT2D eigenvalue weighted by atomic mass is 9.89. The van der Waals surface area contributed by atoms with Gasteiger partial charge in [-0.05, 0) is 30.4 Å². The van der Waals surface area contributed by atoms with Crippen LogP contribution in [0.1, 0.15) is 37.7 Å². The van der Waals surface area contributed by atoms with Gasteiger partial charge >= 0.3 is 0 Å². The Balaban J connectivity index is 0.00000180. The van der Waals surface area contributed by atoms with Crippen LogP contribution >= 0.6 is 12.4 Å². The van der Waals surface area contributed by atoms with E-state index in [2.05, 4.69) is 5.32 Å². The molecule has 104 valence electrons. The molecule has 1 saturated carbocycles. The Labute approximate surface area is 122 Å². The van der Waals surface area contributed by atoms with Crippen LogP contribution in [0.3, 0.4) is 0 Å². The molecular formula is C16H23ClN2. The quantitative estimate of drug-likeness (QED) is 0.626. The van der Waals surface area contributed by atoms with Crippen LogP contribution in [-0.4, -0.2) is 12.4 Å². The number of benzene rings is 1. The highest BCUT2D eigenvalue weighted by molar-refractivity contribution is 5.93. The zero-order chi connectivity index (χ0) is 12.6. The maximum atomic E-state index is 7.86. The number of amidine groups is 1. The zero-order valence-corrected chi connectivity index (χ0v) is 12.1. The highest BCUT2D eigenvalue weighted by atomic mass is 35.5. The van der Waals surface area contributed by atoms with Crippen molar-refractivity contribution >= 4 is 24.3 Å². The van der Waals surface area contributed by atoms with Crippen molar-refractivity contribution in [3.8, 4) is 0 Å². The molecule has 0 amide bonds. The van der Waals surface area contributed by atoms with Crippen molar-refractivity contribution in [1.29, 1.82) is 5.41 Å². The lowest BCUT2D eigenvalue weighted by molar-refractivity contribution is 0.357. The number of nitrogens with one attached hydrogen (secondary N) is 2. The van der Waals surface area contributed by atoms with Crippen molar-refractivity contribution in [2.24, 2.45) is 5.92 Å². The van der Waals surface area contributed by atoms with E-state index >= 15 is 0 Å². The van der Waals surface area contributed by atoms with Gasteiger partial charge in [-0.1, -0.05) is 55.7 Å². The van der Waals surface area contributed by atoms with Gasteiger partial charge in [0.2, 0.25) is 0 Å². The Hall–Kier alpha value is -1.28. The van der Waals surface area contributed by atoms with E-state index in [4.69, 9.17) is 5.41 Å². The smallest absolute Gasteiger partial charge is 0.117 e. The summed E-state index contributed by atoms with van der Waals surface area (Å²) in [6.45, 7) is 0.956. The SMILES string of the molecule is Cl.N=C(/C=C/c1ccccc1)NCC1CCCCC1. The Bertz CT molecular complexity index is 394. The van der Waals surface area contributed by atoms with Crippen LogP contribution in [-0.2, 0) is 0 Å². The largest absolute Gasteiger partial charge is 0.370 e. The molecule has 2 N–H and O–H groups in total. The third kappa shape index (κ3) is 5.93. The fourth-order valence-electron chi connectivity index (χ4n) is 2.45. The van der Waals surface area contributed by atoms with E-state index < -0.39 is 0 Å². The molecule has 0 saturated heterocycles. The highest BCUT2D eigenvalue weighted by Crippen LogP contribution is 2.22. The molecule has 0 aliphatic heterocycles. The van der Waals surface area contributed by atoms with Gasteiger partial charge in [0.15, 0.2) is 0 Å². The van der Waals surface area contributed by atoms with E-state index in [-0.39, 0.29) is 12.4 Å². The van der Waals surface area contributed by atoms with Crippen molar-refractivity contribution in [2.75, 3.05) is 6.54 Å². The third-order valence-electron chi connectivity index (χ3n) is 3.55. The minimum absolute atomic E-state index is 0. The number of hydrogen-bond acceptors (Lipinski definition) is 1. The molecule has 0 atom stereocenters. The van der Waals surface area contributed by atoms with Crippen molar-refractivity contribution < 1.29 is 0 Å². The molecule has 0 aromatic heterocycles. The Morgan fingerprint density at radius 3 is 2.53 bits per heavy atom. The average Bonchev–Trinajstić information content (AvgIpc) is 2.45. The normalized spacial score (nSPS) is 16.0. The zero-order valence-electron chi connectivity index (χ0n) is 11.3. The number of rotatable bonds is 4. The lowest BCUT2D eigenvalue weighted by Gasteiger charge is -2.21. The van der Waals surface area contributed by atoms with Crippen LogP contribution in [0.15, 0.2) is 36.4 Å². The van der Waals surface area contributed by atoms with Crippen LogP contribution in [0.2, 0.25) is 0 Å². The summed E-state index contributed by atoms with van der Waals surface area (Å²) in [7, 11) is 0. The highest BCUT2D eigenvalue weighted by Gasteiger charge is 2.12. The molecule has 1 aromatic carbocycles. The summed E-state index contributed by atoms with van der Waals surface area (Å²) in [5.41, 5.74) is 1.14. The van der Waals surface area contributed by atoms with Crippen molar-refractivity contribution in [3.63, 3.8) is 0 Å². The van der Waals surface area contributed by atoms with E-state index in [1.807, 2.05) is 42.5 Å². The predicted octanol–water partition coefficient (Wildman–Crippen LogP) is 4.27. The van der Waals surface area contributed by atoms with Gasteiger partial charge in [-0.2, -0.15) is 0 Å². The van der Waals surface area contributed by atoms with Crippen LogP contribution in [0.25, 0.3) is 6.08 Å². The summed E-state index contributed by atoms with van der Waals surface area (Å²) in [4.78, 5) is 0. The monoisotopic (exact) mass is 278 g/mol. The van der Waals surface area contributed by atoms with Crippen LogP contribution in [0.4, 0.5) is 0 Å². The van der Waals surface area contributed by atoms with Gasteiger partial charge in [0, 0.05) is 6.54 Å². The van der Waals surface area contributed by atoms with Crippen LogP contribution in [0, 0.1) is 11.3 Å². The average molecular weight is 279 g/mol.